The molecule has 0 aliphatic carbocycles. The summed E-state index contributed by atoms with van der Waals surface area (Å²) in [7, 11) is 0. The molecule has 0 saturated heterocycles. The van der Waals surface area contributed by atoms with Crippen LogP contribution in [0.2, 0.25) is 11.9 Å². The van der Waals surface area contributed by atoms with Crippen LogP contribution in [0.5, 0.6) is 0 Å². The Morgan fingerprint density at radius 1 is 0.714 bits per heavy atom. The summed E-state index contributed by atoms with van der Waals surface area (Å²) in [5, 5.41) is 0. The van der Waals surface area contributed by atoms with Gasteiger partial charge in [0, 0.05) is 0 Å². The monoisotopic (exact) mass is 506 g/mol. The second-order valence-corrected chi connectivity index (χ2v) is 39.3. The summed E-state index contributed by atoms with van der Waals surface area (Å²) in [5.41, 5.74) is 0. The van der Waals surface area contributed by atoms with E-state index in [1.54, 1.807) is 11.9 Å². The molecule has 0 aliphatic rings. The van der Waals surface area contributed by atoms with Gasteiger partial charge in [0.1, 0.15) is 0 Å². The summed E-state index contributed by atoms with van der Waals surface area (Å²) in [5.74, 6) is 0. The van der Waals surface area contributed by atoms with Crippen LogP contribution >= 0.6 is 17.8 Å². The van der Waals surface area contributed by atoms with E-state index in [1.165, 1.54) is 38.5 Å². The molecular weight excluding hydrogens is 478 g/mol. The normalized spacial score (nSPS) is 12.0. The topological polar surface area (TPSA) is 0 Å². The third kappa shape index (κ3) is 7.88. The molecule has 0 aromatic rings. The molecule has 0 spiro atoms. The van der Waals surface area contributed by atoms with Crippen LogP contribution in [0.1, 0.15) is 59.3 Å². The van der Waals surface area contributed by atoms with Gasteiger partial charge in [-0.15, -0.1) is 0 Å². The third-order valence-electron chi connectivity index (χ3n) is 2.94. The zero-order valence-electron chi connectivity index (χ0n) is 10.2. The van der Waals surface area contributed by atoms with Gasteiger partial charge in [-0.05, 0) is 0 Å². The number of hydrogen-bond acceptors (Lipinski definition) is 0. The van der Waals surface area contributed by atoms with E-state index < -0.39 is 16.9 Å². The maximum atomic E-state index is 2.97. The van der Waals surface area contributed by atoms with Gasteiger partial charge >= 0.3 is 106 Å². The molecule has 0 radical (unpaired) electrons. The minimum absolute atomic E-state index is 1.41. The summed E-state index contributed by atoms with van der Waals surface area (Å²) in [6.07, 6.45) is 8.75. The first-order chi connectivity index (χ1) is 6.68. The molecule has 86 valence electrons. The van der Waals surface area contributed by atoms with Crippen molar-refractivity contribution in [2.75, 3.05) is 0 Å². The van der Waals surface area contributed by atoms with Crippen LogP contribution in [-0.4, -0.2) is 16.9 Å². The fourth-order valence-electron chi connectivity index (χ4n) is 1.86. The van der Waals surface area contributed by atoms with Crippen LogP contribution in [0, 0.1) is 0 Å². The molecule has 0 nitrogen and oxygen atoms in total. The van der Waals surface area contributed by atoms with Crippen molar-refractivity contribution in [3.63, 3.8) is 0 Å². The second-order valence-electron chi connectivity index (χ2n) is 4.46. The molecule has 0 N–H and O–H groups in total. The van der Waals surface area contributed by atoms with Gasteiger partial charge in [-0.1, -0.05) is 0 Å². The Morgan fingerprint density at radius 2 is 1.00 bits per heavy atom. The van der Waals surface area contributed by atoms with Crippen molar-refractivity contribution >= 4 is 34.6 Å². The van der Waals surface area contributed by atoms with Gasteiger partial charge in [0.2, 0.25) is 0 Å². The molecule has 0 rings (SSSR count). The van der Waals surface area contributed by atoms with Crippen LogP contribution < -0.4 is 0 Å². The van der Waals surface area contributed by atoms with Crippen molar-refractivity contribution in [1.82, 2.24) is 0 Å². The molecular formula is C12H27IPb. The van der Waals surface area contributed by atoms with Crippen LogP contribution in [0.25, 0.3) is 0 Å². The molecule has 14 heavy (non-hydrogen) atoms. The van der Waals surface area contributed by atoms with Crippen LogP contribution in [0.15, 0.2) is 0 Å². The van der Waals surface area contributed by atoms with Crippen LogP contribution in [-0.2, 0) is 0 Å². The zero-order chi connectivity index (χ0) is 10.9. The SMILES string of the molecule is CCC[CH2][Pb]([I])([CH2]CCC)[CH2]CCC. The van der Waals surface area contributed by atoms with Gasteiger partial charge in [-0.3, -0.25) is 0 Å². The molecule has 0 atom stereocenters. The standard InChI is InChI=1S/3C4H9.HI.Pb/c3*1-3-4-2;;/h3*1,3-4H2,2H3;1H;/q;;;;+1/p-1. The molecule has 0 saturated carbocycles. The maximum absolute atomic E-state index is 2.97. The van der Waals surface area contributed by atoms with E-state index >= 15 is 0 Å². The van der Waals surface area contributed by atoms with Crippen molar-refractivity contribution in [2.24, 2.45) is 0 Å². The zero-order valence-corrected chi connectivity index (χ0v) is 16.3. The summed E-state index contributed by atoms with van der Waals surface area (Å²) >= 11 is 1.24. The van der Waals surface area contributed by atoms with E-state index in [-0.39, 0.29) is 0 Å². The summed E-state index contributed by atoms with van der Waals surface area (Å²) in [6, 6.07) is 0. The van der Waals surface area contributed by atoms with Crippen LogP contribution in [0.4, 0.5) is 0 Å². The van der Waals surface area contributed by atoms with Gasteiger partial charge < -0.3 is 0 Å². The molecule has 0 unspecified atom stereocenters. The summed E-state index contributed by atoms with van der Waals surface area (Å²) in [4.78, 5) is 0. The average Bonchev–Trinajstić information content (AvgIpc) is 2.21. The Labute approximate surface area is 105 Å². The predicted octanol–water partition coefficient (Wildman–Crippen LogP) is 5.77. The first kappa shape index (κ1) is 15.7. The van der Waals surface area contributed by atoms with Gasteiger partial charge in [0.05, 0.1) is 0 Å². The van der Waals surface area contributed by atoms with Crippen molar-refractivity contribution in [3.8, 4) is 0 Å². The molecule has 0 aliphatic heterocycles. The second kappa shape index (κ2) is 9.85. The van der Waals surface area contributed by atoms with E-state index in [1.807, 2.05) is 0 Å². The van der Waals surface area contributed by atoms with Crippen molar-refractivity contribution in [1.29, 1.82) is 0 Å². The Bertz CT molecular complexity index is 104. The fraction of sp³-hybridized carbons (Fsp3) is 1.00. The number of halogens is 1. The van der Waals surface area contributed by atoms with Gasteiger partial charge in [0.25, 0.3) is 0 Å². The average molecular weight is 505 g/mol. The van der Waals surface area contributed by atoms with E-state index in [0.717, 1.165) is 0 Å². The molecule has 0 bridgehead atoms. The van der Waals surface area contributed by atoms with Crippen molar-refractivity contribution in [2.45, 2.75) is 71.2 Å². The Kier molecular flexibility index (Phi) is 11.0. The molecule has 2 heteroatoms. The summed E-state index contributed by atoms with van der Waals surface area (Å²) < 4.78 is 4.97. The Hall–Kier alpha value is 1.65. The van der Waals surface area contributed by atoms with Crippen molar-refractivity contribution < 1.29 is 0 Å². The Morgan fingerprint density at radius 3 is 1.21 bits per heavy atom. The van der Waals surface area contributed by atoms with Gasteiger partial charge in [-0.25, -0.2) is 0 Å². The van der Waals surface area contributed by atoms with Crippen molar-refractivity contribution in [3.05, 3.63) is 0 Å². The van der Waals surface area contributed by atoms with E-state index in [2.05, 4.69) is 38.5 Å². The molecule has 0 heterocycles. The third-order valence-corrected chi connectivity index (χ3v) is 31.7. The first-order valence-electron chi connectivity index (χ1n) is 6.37. The van der Waals surface area contributed by atoms with E-state index in [4.69, 9.17) is 0 Å². The first-order valence-corrected chi connectivity index (χ1v) is 25.6. The Balaban J connectivity index is 3.89. The fourth-order valence-corrected chi connectivity index (χ4v) is 26.3. The molecule has 0 aromatic carbocycles. The van der Waals surface area contributed by atoms with Crippen LogP contribution in [0.3, 0.4) is 0 Å². The molecule has 0 aromatic heterocycles. The van der Waals surface area contributed by atoms with Gasteiger partial charge in [-0.2, -0.15) is 0 Å². The quantitative estimate of drug-likeness (QED) is 0.276. The minimum atomic E-state index is -1.72. The number of hydrogen-bond donors (Lipinski definition) is 0. The molecule has 0 amide bonds. The van der Waals surface area contributed by atoms with E-state index in [0.29, 0.717) is 0 Å². The summed E-state index contributed by atoms with van der Waals surface area (Å²) in [6.45, 7) is 7.01. The molecule has 0 fully saturated rings. The number of unbranched alkanes of at least 4 members (excludes halogenated alkanes) is 3. The van der Waals surface area contributed by atoms with Gasteiger partial charge in [0.15, 0.2) is 0 Å². The van der Waals surface area contributed by atoms with E-state index in [9.17, 15) is 0 Å². The number of rotatable bonds is 9. The predicted molar refractivity (Wildman–Crippen MR) is 78.9 cm³/mol.